The fraction of sp³-hybridized carbons (Fsp3) is 0. The van der Waals surface area contributed by atoms with Gasteiger partial charge in [0.2, 0.25) is 0 Å². The number of benzene rings is 9. The minimum absolute atomic E-state index is 0.912. The van der Waals surface area contributed by atoms with Gasteiger partial charge in [0.25, 0.3) is 0 Å². The first-order chi connectivity index (χ1) is 29.8. The number of hydrogen-bond acceptors (Lipinski definition) is 3. The minimum atomic E-state index is 0.912. The summed E-state index contributed by atoms with van der Waals surface area (Å²) in [4.78, 5) is 15.4. The van der Waals surface area contributed by atoms with E-state index in [9.17, 15) is 0 Å². The Kier molecular flexibility index (Phi) is 7.78. The first kappa shape index (κ1) is 33.9. The average molecular weight is 766 g/mol. The molecule has 12 aromatic rings. The van der Waals surface area contributed by atoms with Crippen molar-refractivity contribution < 1.29 is 0 Å². The van der Waals surface area contributed by atoms with Crippen LogP contribution in [0.4, 0.5) is 0 Å². The zero-order chi connectivity index (χ0) is 39.6. The Morgan fingerprint density at radius 1 is 0.300 bits per heavy atom. The van der Waals surface area contributed by atoms with Gasteiger partial charge < -0.3 is 0 Å². The third-order valence-corrected chi connectivity index (χ3v) is 11.8. The molecular weight excluding hydrogens is 731 g/mol. The molecular formula is C55H35N5. The molecule has 60 heavy (non-hydrogen) atoms. The number of nitrogens with zero attached hydrogens (tertiary/aromatic N) is 5. The minimum Gasteiger partial charge on any atom is -0.292 e. The zero-order valence-corrected chi connectivity index (χ0v) is 32.4. The highest BCUT2D eigenvalue weighted by Gasteiger charge is 2.21. The lowest BCUT2D eigenvalue weighted by Crippen LogP contribution is -1.98. The summed E-state index contributed by atoms with van der Waals surface area (Å²) in [5.41, 5.74) is 14.0. The van der Waals surface area contributed by atoms with E-state index < -0.39 is 0 Å². The fourth-order valence-electron chi connectivity index (χ4n) is 9.10. The van der Waals surface area contributed by atoms with Crippen molar-refractivity contribution in [3.05, 3.63) is 212 Å². The third kappa shape index (κ3) is 5.37. The van der Waals surface area contributed by atoms with Gasteiger partial charge in [-0.15, -0.1) is 0 Å². The summed E-state index contributed by atoms with van der Waals surface area (Å²) >= 11 is 0. The van der Waals surface area contributed by atoms with Gasteiger partial charge >= 0.3 is 0 Å². The van der Waals surface area contributed by atoms with E-state index in [-0.39, 0.29) is 0 Å². The van der Waals surface area contributed by atoms with Gasteiger partial charge in [-0.2, -0.15) is 0 Å². The number of aromatic nitrogens is 5. The molecule has 0 aliphatic carbocycles. The second-order valence-electron chi connectivity index (χ2n) is 15.2. The lowest BCUT2D eigenvalue weighted by atomic mass is 9.85. The maximum atomic E-state index is 5.15. The quantitative estimate of drug-likeness (QED) is 0.125. The van der Waals surface area contributed by atoms with Crippen molar-refractivity contribution in [3.63, 3.8) is 0 Å². The van der Waals surface area contributed by atoms with Gasteiger partial charge in [0.1, 0.15) is 11.6 Å². The number of pyridine rings is 1. The van der Waals surface area contributed by atoms with Crippen LogP contribution in [0.1, 0.15) is 0 Å². The van der Waals surface area contributed by atoms with E-state index in [0.29, 0.717) is 0 Å². The topological polar surface area (TPSA) is 48.5 Å². The van der Waals surface area contributed by atoms with E-state index in [1.165, 1.54) is 27.3 Å². The SMILES string of the molecule is c1ccc(-n2c(-c3ccc(-c4c5ccccc5c(-c5ccc(-c6nc7ccccc7n6-c6ccccc6)cc5)c5c4cnc4ccccc45)cc3)nc3ccccc32)cc1. The van der Waals surface area contributed by atoms with Crippen molar-refractivity contribution in [2.24, 2.45) is 0 Å². The van der Waals surface area contributed by atoms with Crippen LogP contribution in [0.5, 0.6) is 0 Å². The van der Waals surface area contributed by atoms with Crippen LogP contribution in [0.3, 0.4) is 0 Å². The first-order valence-electron chi connectivity index (χ1n) is 20.3. The summed E-state index contributed by atoms with van der Waals surface area (Å²) in [5.74, 6) is 1.82. The summed E-state index contributed by atoms with van der Waals surface area (Å²) in [6.45, 7) is 0. The Hall–Kier alpha value is -8.15. The van der Waals surface area contributed by atoms with Crippen molar-refractivity contribution in [2.75, 3.05) is 0 Å². The highest BCUT2D eigenvalue weighted by atomic mass is 15.1. The van der Waals surface area contributed by atoms with Crippen LogP contribution in [0.2, 0.25) is 0 Å². The van der Waals surface area contributed by atoms with Crippen LogP contribution in [0.25, 0.3) is 111 Å². The molecule has 280 valence electrons. The molecule has 0 aliphatic rings. The van der Waals surface area contributed by atoms with Gasteiger partial charge in [0, 0.05) is 44.9 Å². The van der Waals surface area contributed by atoms with E-state index in [0.717, 1.165) is 83.6 Å². The van der Waals surface area contributed by atoms with Crippen LogP contribution >= 0.6 is 0 Å². The van der Waals surface area contributed by atoms with Crippen LogP contribution < -0.4 is 0 Å². The van der Waals surface area contributed by atoms with Crippen LogP contribution in [-0.4, -0.2) is 24.1 Å². The molecule has 3 heterocycles. The highest BCUT2D eigenvalue weighted by molar-refractivity contribution is 6.27. The molecule has 12 rings (SSSR count). The Morgan fingerprint density at radius 3 is 1.23 bits per heavy atom. The first-order valence-corrected chi connectivity index (χ1v) is 20.3. The van der Waals surface area contributed by atoms with E-state index in [2.05, 4.69) is 209 Å². The lowest BCUT2D eigenvalue weighted by Gasteiger charge is -2.19. The molecule has 5 heteroatoms. The van der Waals surface area contributed by atoms with Crippen LogP contribution in [0, 0.1) is 0 Å². The second-order valence-corrected chi connectivity index (χ2v) is 15.2. The Bertz CT molecular complexity index is 3570. The van der Waals surface area contributed by atoms with Gasteiger partial charge in [-0.1, -0.05) is 152 Å². The standard InChI is InChI=1S/C55H35N5/c1-3-15-40(16-4-1)59-49-25-13-11-23-47(49)57-54(59)38-31-27-36(28-32-38)51-42-19-7-8-20-43(42)52(53-44-21-9-10-22-46(44)56-35-45(51)53)37-29-33-39(34-30-37)55-58-48-24-12-14-26-50(48)60(55)41-17-5-2-6-18-41/h1-35H. The largest absolute Gasteiger partial charge is 0.292 e. The van der Waals surface area contributed by atoms with Crippen molar-refractivity contribution in [3.8, 4) is 56.4 Å². The predicted octanol–water partition coefficient (Wildman–Crippen LogP) is 13.9. The highest BCUT2D eigenvalue weighted by Crippen LogP contribution is 2.46. The Morgan fingerprint density at radius 2 is 0.700 bits per heavy atom. The third-order valence-electron chi connectivity index (χ3n) is 11.8. The lowest BCUT2D eigenvalue weighted by molar-refractivity contribution is 1.10. The summed E-state index contributed by atoms with van der Waals surface area (Å²) in [5, 5.41) is 5.79. The number of hydrogen-bond donors (Lipinski definition) is 0. The van der Waals surface area contributed by atoms with Crippen LogP contribution in [0.15, 0.2) is 212 Å². The molecule has 0 fully saturated rings. The number of rotatable bonds is 6. The maximum absolute atomic E-state index is 5.15. The van der Waals surface area contributed by atoms with Crippen molar-refractivity contribution in [1.82, 2.24) is 24.1 Å². The Balaban J connectivity index is 1.04. The van der Waals surface area contributed by atoms with Crippen molar-refractivity contribution >= 4 is 54.5 Å². The average Bonchev–Trinajstić information content (AvgIpc) is 3.91. The molecule has 0 amide bonds. The Labute approximate surface area is 346 Å². The number of para-hydroxylation sites is 7. The molecule has 5 nitrogen and oxygen atoms in total. The van der Waals surface area contributed by atoms with E-state index in [4.69, 9.17) is 15.0 Å². The van der Waals surface area contributed by atoms with Gasteiger partial charge in [-0.3, -0.25) is 14.1 Å². The van der Waals surface area contributed by atoms with Crippen molar-refractivity contribution in [2.45, 2.75) is 0 Å². The van der Waals surface area contributed by atoms with E-state index >= 15 is 0 Å². The zero-order valence-electron chi connectivity index (χ0n) is 32.4. The smallest absolute Gasteiger partial charge is 0.145 e. The van der Waals surface area contributed by atoms with Crippen LogP contribution in [-0.2, 0) is 0 Å². The van der Waals surface area contributed by atoms with Gasteiger partial charge in [-0.25, -0.2) is 9.97 Å². The maximum Gasteiger partial charge on any atom is 0.145 e. The molecule has 0 spiro atoms. The van der Waals surface area contributed by atoms with Gasteiger partial charge in [0.15, 0.2) is 0 Å². The summed E-state index contributed by atoms with van der Waals surface area (Å²) in [6.07, 6.45) is 2.07. The molecule has 0 aliphatic heterocycles. The molecule has 0 saturated carbocycles. The van der Waals surface area contributed by atoms with E-state index in [1.807, 2.05) is 12.1 Å². The monoisotopic (exact) mass is 765 g/mol. The molecule has 3 aromatic heterocycles. The van der Waals surface area contributed by atoms with Gasteiger partial charge in [-0.05, 0) is 87.6 Å². The summed E-state index contributed by atoms with van der Waals surface area (Å²) < 4.78 is 4.51. The van der Waals surface area contributed by atoms with Gasteiger partial charge in [0.05, 0.1) is 27.6 Å². The number of imidazole rings is 2. The molecule has 0 atom stereocenters. The molecule has 9 aromatic carbocycles. The second kappa shape index (κ2) is 13.8. The normalized spacial score (nSPS) is 11.7. The fourth-order valence-corrected chi connectivity index (χ4v) is 9.10. The summed E-state index contributed by atoms with van der Waals surface area (Å²) in [6, 6.07) is 72.8. The number of fused-ring (bicyclic) bond motifs is 6. The molecule has 0 radical (unpaired) electrons. The summed E-state index contributed by atoms with van der Waals surface area (Å²) in [7, 11) is 0. The molecule has 0 unspecified atom stereocenters. The molecule has 0 N–H and O–H groups in total. The predicted molar refractivity (Wildman–Crippen MR) is 248 cm³/mol. The van der Waals surface area contributed by atoms with Crippen molar-refractivity contribution in [1.29, 1.82) is 0 Å². The molecule has 0 bridgehead atoms. The van der Waals surface area contributed by atoms with E-state index in [1.54, 1.807) is 0 Å². The molecule has 0 saturated heterocycles.